The number of fused-ring (bicyclic) bond motifs is 1. The molecular formula is C20H22N2O2S. The molecule has 2 aliphatic rings. The Balaban J connectivity index is 1.39. The second-order valence-electron chi connectivity index (χ2n) is 6.76. The Morgan fingerprint density at radius 3 is 2.64 bits per heavy atom. The average Bonchev–Trinajstić information content (AvgIpc) is 3.26. The summed E-state index contributed by atoms with van der Waals surface area (Å²) in [6.07, 6.45) is 6.13. The highest BCUT2D eigenvalue weighted by Gasteiger charge is 2.22. The molecule has 0 radical (unpaired) electrons. The normalized spacial score (nSPS) is 16.8. The van der Waals surface area contributed by atoms with Crippen LogP contribution in [0, 0.1) is 0 Å². The van der Waals surface area contributed by atoms with Gasteiger partial charge in [-0.15, -0.1) is 11.3 Å². The first-order valence-corrected chi connectivity index (χ1v) is 9.87. The number of carbonyl (C=O) groups is 2. The molecule has 2 aromatic rings. The number of hydrogen-bond donors (Lipinski definition) is 1. The summed E-state index contributed by atoms with van der Waals surface area (Å²) >= 11 is 1.72. The van der Waals surface area contributed by atoms with Crippen molar-refractivity contribution in [3.05, 3.63) is 51.2 Å². The van der Waals surface area contributed by atoms with Gasteiger partial charge in [-0.25, -0.2) is 0 Å². The minimum atomic E-state index is 0.0261. The number of carbonyl (C=O) groups excluding carboxylic acids is 2. The third kappa shape index (κ3) is 3.33. The molecule has 1 saturated heterocycles. The second-order valence-corrected chi connectivity index (χ2v) is 7.72. The van der Waals surface area contributed by atoms with E-state index in [0.29, 0.717) is 13.0 Å². The second kappa shape index (κ2) is 7.00. The van der Waals surface area contributed by atoms with Crippen molar-refractivity contribution < 1.29 is 9.59 Å². The van der Waals surface area contributed by atoms with E-state index >= 15 is 0 Å². The molecule has 25 heavy (non-hydrogen) atoms. The first-order valence-electron chi connectivity index (χ1n) is 8.99. The van der Waals surface area contributed by atoms with Gasteiger partial charge in [-0.3, -0.25) is 9.59 Å². The van der Waals surface area contributed by atoms with E-state index in [9.17, 15) is 9.59 Å². The lowest BCUT2D eigenvalue weighted by Gasteiger charge is -2.16. The number of hydrogen-bond acceptors (Lipinski definition) is 3. The molecule has 2 heterocycles. The molecule has 1 aromatic carbocycles. The summed E-state index contributed by atoms with van der Waals surface area (Å²) in [5.74, 6) is 0.224. The molecule has 1 N–H and O–H groups in total. The Bertz CT molecular complexity index is 795. The van der Waals surface area contributed by atoms with E-state index in [0.717, 1.165) is 42.6 Å². The van der Waals surface area contributed by atoms with Crippen LogP contribution in [0.15, 0.2) is 29.6 Å². The molecule has 1 fully saturated rings. The van der Waals surface area contributed by atoms with Gasteiger partial charge in [-0.05, 0) is 55.4 Å². The van der Waals surface area contributed by atoms with Gasteiger partial charge in [-0.2, -0.15) is 0 Å². The van der Waals surface area contributed by atoms with Crippen LogP contribution in [0.2, 0.25) is 0 Å². The first kappa shape index (κ1) is 16.3. The molecule has 0 saturated carbocycles. The maximum absolute atomic E-state index is 12.5. The zero-order valence-corrected chi connectivity index (χ0v) is 15.0. The Labute approximate surface area is 151 Å². The van der Waals surface area contributed by atoms with Crippen LogP contribution in [-0.2, 0) is 24.2 Å². The lowest BCUT2D eigenvalue weighted by Crippen LogP contribution is -2.25. The third-order valence-corrected chi connectivity index (χ3v) is 6.17. The Morgan fingerprint density at radius 2 is 1.88 bits per heavy atom. The molecule has 4 nitrogen and oxygen atoms in total. The number of nitrogens with zero attached hydrogens (tertiary/aromatic N) is 1. The van der Waals surface area contributed by atoms with Gasteiger partial charge in [0.2, 0.25) is 5.91 Å². The van der Waals surface area contributed by atoms with Crippen molar-refractivity contribution >= 4 is 28.8 Å². The minimum absolute atomic E-state index is 0.0261. The number of aryl methyl sites for hydroxylation is 1. The number of rotatable bonds is 4. The Kier molecular flexibility index (Phi) is 4.57. The predicted molar refractivity (Wildman–Crippen MR) is 100 cm³/mol. The molecule has 0 atom stereocenters. The summed E-state index contributed by atoms with van der Waals surface area (Å²) in [5, 5.41) is 5.04. The van der Waals surface area contributed by atoms with Crippen LogP contribution in [0.5, 0.6) is 0 Å². The zero-order valence-electron chi connectivity index (χ0n) is 14.2. The molecular weight excluding hydrogens is 332 g/mol. The summed E-state index contributed by atoms with van der Waals surface area (Å²) < 4.78 is 0. The van der Waals surface area contributed by atoms with Crippen molar-refractivity contribution in [3.8, 4) is 0 Å². The topological polar surface area (TPSA) is 49.4 Å². The first-order chi connectivity index (χ1) is 12.2. The predicted octanol–water partition coefficient (Wildman–Crippen LogP) is 3.68. The Morgan fingerprint density at radius 1 is 1.08 bits per heavy atom. The van der Waals surface area contributed by atoms with E-state index in [1.807, 2.05) is 34.5 Å². The molecule has 5 heteroatoms. The lowest BCUT2D eigenvalue weighted by atomic mass is 9.95. The smallest absolute Gasteiger partial charge is 0.252 e. The number of anilines is 1. The highest BCUT2D eigenvalue weighted by atomic mass is 32.1. The molecule has 1 aromatic heterocycles. The summed E-state index contributed by atoms with van der Waals surface area (Å²) in [6.45, 7) is 1.32. The summed E-state index contributed by atoms with van der Waals surface area (Å²) in [5.41, 5.74) is 4.12. The highest BCUT2D eigenvalue weighted by Crippen LogP contribution is 2.30. The largest absolute Gasteiger partial charge is 0.348 e. The SMILES string of the molecule is O=C(NCc1ccc(N2CCCC2=O)cc1)c1csc2c1CCCC2. The van der Waals surface area contributed by atoms with E-state index in [4.69, 9.17) is 0 Å². The van der Waals surface area contributed by atoms with Gasteiger partial charge < -0.3 is 10.2 Å². The third-order valence-electron chi connectivity index (χ3n) is 5.08. The van der Waals surface area contributed by atoms with Crippen LogP contribution in [0.3, 0.4) is 0 Å². The van der Waals surface area contributed by atoms with Crippen LogP contribution in [0.25, 0.3) is 0 Å². The fraction of sp³-hybridized carbons (Fsp3) is 0.400. The van der Waals surface area contributed by atoms with Gasteiger partial charge >= 0.3 is 0 Å². The van der Waals surface area contributed by atoms with E-state index in [1.54, 1.807) is 11.3 Å². The van der Waals surface area contributed by atoms with Crippen molar-refractivity contribution in [3.63, 3.8) is 0 Å². The molecule has 1 aliphatic carbocycles. The highest BCUT2D eigenvalue weighted by molar-refractivity contribution is 7.10. The van der Waals surface area contributed by atoms with Crippen LogP contribution in [0.4, 0.5) is 5.69 Å². The fourth-order valence-corrected chi connectivity index (χ4v) is 4.80. The van der Waals surface area contributed by atoms with Crippen LogP contribution in [0.1, 0.15) is 52.0 Å². The summed E-state index contributed by atoms with van der Waals surface area (Å²) in [6, 6.07) is 7.92. The van der Waals surface area contributed by atoms with Crippen LogP contribution in [-0.4, -0.2) is 18.4 Å². The van der Waals surface area contributed by atoms with E-state index in [-0.39, 0.29) is 11.8 Å². The van der Waals surface area contributed by atoms with Gasteiger partial charge in [0.05, 0.1) is 5.56 Å². The standard InChI is InChI=1S/C20H22N2O2S/c23-19-6-3-11-22(19)15-9-7-14(8-10-15)12-21-20(24)17-13-25-18-5-2-1-4-16(17)18/h7-10,13H,1-6,11-12H2,(H,21,24). The van der Waals surface area contributed by atoms with Gasteiger partial charge in [0.15, 0.2) is 0 Å². The Hall–Kier alpha value is -2.14. The van der Waals surface area contributed by atoms with Crippen molar-refractivity contribution in [2.45, 2.75) is 45.1 Å². The monoisotopic (exact) mass is 354 g/mol. The van der Waals surface area contributed by atoms with Crippen molar-refractivity contribution in [1.29, 1.82) is 0 Å². The van der Waals surface area contributed by atoms with Gasteiger partial charge in [0, 0.05) is 35.5 Å². The number of amides is 2. The van der Waals surface area contributed by atoms with Crippen molar-refractivity contribution in [2.75, 3.05) is 11.4 Å². The minimum Gasteiger partial charge on any atom is -0.348 e. The molecule has 1 aliphatic heterocycles. The van der Waals surface area contributed by atoms with Crippen molar-refractivity contribution in [2.24, 2.45) is 0 Å². The summed E-state index contributed by atoms with van der Waals surface area (Å²) in [4.78, 5) is 27.5. The van der Waals surface area contributed by atoms with Crippen molar-refractivity contribution in [1.82, 2.24) is 5.32 Å². The molecule has 2 amide bonds. The zero-order chi connectivity index (χ0) is 17.2. The van der Waals surface area contributed by atoms with Crippen LogP contribution < -0.4 is 10.2 Å². The van der Waals surface area contributed by atoms with E-state index in [1.165, 1.54) is 23.3 Å². The molecule has 0 bridgehead atoms. The summed E-state index contributed by atoms with van der Waals surface area (Å²) in [7, 11) is 0. The molecule has 4 rings (SSSR count). The van der Waals surface area contributed by atoms with Gasteiger partial charge in [-0.1, -0.05) is 12.1 Å². The van der Waals surface area contributed by atoms with E-state index < -0.39 is 0 Å². The number of nitrogens with one attached hydrogen (secondary N) is 1. The number of thiophene rings is 1. The molecule has 0 spiro atoms. The molecule has 130 valence electrons. The quantitative estimate of drug-likeness (QED) is 0.910. The maximum atomic E-state index is 12.5. The van der Waals surface area contributed by atoms with Gasteiger partial charge in [0.25, 0.3) is 5.91 Å². The van der Waals surface area contributed by atoms with Crippen LogP contribution >= 0.6 is 11.3 Å². The number of benzene rings is 1. The maximum Gasteiger partial charge on any atom is 0.252 e. The average molecular weight is 354 g/mol. The molecule has 0 unspecified atom stereocenters. The van der Waals surface area contributed by atoms with E-state index in [2.05, 4.69) is 5.32 Å². The lowest BCUT2D eigenvalue weighted by molar-refractivity contribution is -0.117. The fourth-order valence-electron chi connectivity index (χ4n) is 3.68. The van der Waals surface area contributed by atoms with Gasteiger partial charge in [0.1, 0.15) is 0 Å².